The predicted molar refractivity (Wildman–Crippen MR) is 124 cm³/mol. The summed E-state index contributed by atoms with van der Waals surface area (Å²) in [6.45, 7) is 6.29. The van der Waals surface area contributed by atoms with Crippen LogP contribution in [0.15, 0.2) is 60.9 Å². The highest BCUT2D eigenvalue weighted by Crippen LogP contribution is 2.23. The first-order chi connectivity index (χ1) is 15.8. The lowest BCUT2D eigenvalue weighted by atomic mass is 10.1. The molecular formula is C24H24N6O3. The quantitative estimate of drug-likeness (QED) is 0.338. The summed E-state index contributed by atoms with van der Waals surface area (Å²) in [4.78, 5) is 23.6. The molecule has 168 valence electrons. The van der Waals surface area contributed by atoms with Crippen molar-refractivity contribution < 1.29 is 9.72 Å². The van der Waals surface area contributed by atoms with Gasteiger partial charge < -0.3 is 5.32 Å². The van der Waals surface area contributed by atoms with Gasteiger partial charge in [0.05, 0.1) is 29.9 Å². The van der Waals surface area contributed by atoms with Gasteiger partial charge in [0.15, 0.2) is 0 Å². The first-order valence-corrected chi connectivity index (χ1v) is 10.5. The van der Waals surface area contributed by atoms with Gasteiger partial charge in [-0.1, -0.05) is 36.4 Å². The molecule has 0 saturated heterocycles. The second kappa shape index (κ2) is 9.07. The minimum atomic E-state index is -0.419. The van der Waals surface area contributed by atoms with E-state index in [-0.39, 0.29) is 11.6 Å². The molecule has 0 bridgehead atoms. The maximum absolute atomic E-state index is 12.8. The molecule has 1 N–H and O–H groups in total. The van der Waals surface area contributed by atoms with Crippen LogP contribution in [-0.2, 0) is 13.1 Å². The molecule has 0 atom stereocenters. The van der Waals surface area contributed by atoms with E-state index in [1.165, 1.54) is 5.56 Å². The molecule has 0 saturated carbocycles. The highest BCUT2D eigenvalue weighted by Gasteiger charge is 2.21. The Labute approximate surface area is 190 Å². The van der Waals surface area contributed by atoms with Crippen molar-refractivity contribution in [3.05, 3.63) is 105 Å². The van der Waals surface area contributed by atoms with Crippen molar-refractivity contribution in [2.75, 3.05) is 5.32 Å². The molecule has 4 rings (SSSR count). The van der Waals surface area contributed by atoms with Crippen molar-refractivity contribution in [2.24, 2.45) is 0 Å². The largest absolute Gasteiger partial charge is 0.319 e. The first kappa shape index (κ1) is 21.9. The third kappa shape index (κ3) is 4.82. The monoisotopic (exact) mass is 444 g/mol. The molecule has 0 aliphatic heterocycles. The van der Waals surface area contributed by atoms with Crippen molar-refractivity contribution in [2.45, 2.75) is 33.9 Å². The summed E-state index contributed by atoms with van der Waals surface area (Å²) in [5, 5.41) is 22.7. The first-order valence-electron chi connectivity index (χ1n) is 10.5. The van der Waals surface area contributed by atoms with Gasteiger partial charge in [-0.2, -0.15) is 10.2 Å². The topological polar surface area (TPSA) is 108 Å². The number of amides is 1. The molecule has 0 fully saturated rings. The Kier molecular flexibility index (Phi) is 6.03. The Hall–Kier alpha value is -4.27. The summed E-state index contributed by atoms with van der Waals surface area (Å²) in [5.74, 6) is -0.258. The third-order valence-electron chi connectivity index (χ3n) is 5.53. The zero-order chi connectivity index (χ0) is 23.5. The van der Waals surface area contributed by atoms with Crippen LogP contribution in [-0.4, -0.2) is 30.4 Å². The average Bonchev–Trinajstić information content (AvgIpc) is 3.33. The Morgan fingerprint density at radius 3 is 2.61 bits per heavy atom. The van der Waals surface area contributed by atoms with E-state index in [4.69, 9.17) is 0 Å². The van der Waals surface area contributed by atoms with E-state index in [0.717, 1.165) is 11.1 Å². The molecule has 0 aliphatic rings. The lowest BCUT2D eigenvalue weighted by Gasteiger charge is -2.07. The molecule has 2 aromatic heterocycles. The maximum atomic E-state index is 12.8. The van der Waals surface area contributed by atoms with Crippen LogP contribution in [0.5, 0.6) is 0 Å². The average molecular weight is 444 g/mol. The normalized spacial score (nSPS) is 10.9. The molecule has 0 aliphatic carbocycles. The SMILES string of the molecule is Cc1ccccc1Cn1cc(NC(=O)c2cccc(Cn3nc(C)c([N+](=O)[O-])c3C)c2)cn1. The van der Waals surface area contributed by atoms with E-state index >= 15 is 0 Å². The smallest absolute Gasteiger partial charge is 0.312 e. The van der Waals surface area contributed by atoms with Crippen molar-refractivity contribution in [1.29, 1.82) is 0 Å². The highest BCUT2D eigenvalue weighted by molar-refractivity contribution is 6.04. The van der Waals surface area contributed by atoms with E-state index in [2.05, 4.69) is 34.6 Å². The highest BCUT2D eigenvalue weighted by atomic mass is 16.6. The second-order valence-electron chi connectivity index (χ2n) is 7.94. The molecule has 4 aromatic rings. The number of anilines is 1. The van der Waals surface area contributed by atoms with Gasteiger partial charge in [0, 0.05) is 11.8 Å². The van der Waals surface area contributed by atoms with Crippen LogP contribution in [0.25, 0.3) is 0 Å². The third-order valence-corrected chi connectivity index (χ3v) is 5.53. The summed E-state index contributed by atoms with van der Waals surface area (Å²) in [7, 11) is 0. The van der Waals surface area contributed by atoms with Gasteiger partial charge in [-0.15, -0.1) is 0 Å². The number of nitrogens with one attached hydrogen (secondary N) is 1. The van der Waals surface area contributed by atoms with E-state index in [1.807, 2.05) is 18.2 Å². The van der Waals surface area contributed by atoms with E-state index in [9.17, 15) is 14.9 Å². The van der Waals surface area contributed by atoms with Crippen molar-refractivity contribution >= 4 is 17.3 Å². The van der Waals surface area contributed by atoms with Gasteiger partial charge in [0.25, 0.3) is 5.91 Å². The Balaban J connectivity index is 1.46. The number of nitro groups is 1. The molecule has 2 heterocycles. The summed E-state index contributed by atoms with van der Waals surface area (Å²) in [6.07, 6.45) is 3.41. The minimum absolute atomic E-state index is 0.0200. The van der Waals surface area contributed by atoms with Crippen LogP contribution in [0.2, 0.25) is 0 Å². The van der Waals surface area contributed by atoms with Gasteiger partial charge >= 0.3 is 5.69 Å². The number of nitrogens with zero attached hydrogens (tertiary/aromatic N) is 5. The Morgan fingerprint density at radius 2 is 1.88 bits per heavy atom. The van der Waals surface area contributed by atoms with Gasteiger partial charge in [0.2, 0.25) is 0 Å². The fraction of sp³-hybridized carbons (Fsp3) is 0.208. The van der Waals surface area contributed by atoms with Crippen LogP contribution in [0.3, 0.4) is 0 Å². The Morgan fingerprint density at radius 1 is 1.09 bits per heavy atom. The zero-order valence-corrected chi connectivity index (χ0v) is 18.6. The van der Waals surface area contributed by atoms with Crippen LogP contribution in [0.1, 0.15) is 38.4 Å². The van der Waals surface area contributed by atoms with Crippen LogP contribution >= 0.6 is 0 Å². The van der Waals surface area contributed by atoms with E-state index in [1.54, 1.807) is 53.8 Å². The molecule has 9 nitrogen and oxygen atoms in total. The Bertz CT molecular complexity index is 1340. The molecule has 1 amide bonds. The van der Waals surface area contributed by atoms with E-state index < -0.39 is 4.92 Å². The maximum Gasteiger partial charge on any atom is 0.312 e. The fourth-order valence-electron chi connectivity index (χ4n) is 3.77. The number of hydrogen-bond acceptors (Lipinski definition) is 5. The molecular weight excluding hydrogens is 420 g/mol. The van der Waals surface area contributed by atoms with Gasteiger partial charge in [-0.05, 0) is 49.6 Å². The number of aryl methyl sites for hydroxylation is 2. The standard InChI is InChI=1S/C24H24N6O3/c1-16-7-4-5-9-21(16)14-28-15-22(12-25-28)26-24(31)20-10-6-8-19(11-20)13-29-18(3)23(30(32)33)17(2)27-29/h4-12,15H,13-14H2,1-3H3,(H,26,31). The zero-order valence-electron chi connectivity index (χ0n) is 18.6. The number of hydrogen-bond donors (Lipinski definition) is 1. The molecule has 9 heteroatoms. The number of rotatable bonds is 7. The fourth-order valence-corrected chi connectivity index (χ4v) is 3.77. The minimum Gasteiger partial charge on any atom is -0.319 e. The lowest BCUT2D eigenvalue weighted by molar-refractivity contribution is -0.386. The van der Waals surface area contributed by atoms with Crippen LogP contribution in [0, 0.1) is 30.9 Å². The number of carbonyl (C=O) groups excluding carboxylic acids is 1. The van der Waals surface area contributed by atoms with Crippen molar-refractivity contribution in [3.8, 4) is 0 Å². The van der Waals surface area contributed by atoms with Crippen molar-refractivity contribution in [1.82, 2.24) is 19.6 Å². The van der Waals surface area contributed by atoms with Crippen LogP contribution < -0.4 is 5.32 Å². The molecule has 0 unspecified atom stereocenters. The summed E-state index contributed by atoms with van der Waals surface area (Å²) in [6, 6.07) is 15.2. The summed E-state index contributed by atoms with van der Waals surface area (Å²) >= 11 is 0. The number of aromatic nitrogens is 4. The summed E-state index contributed by atoms with van der Waals surface area (Å²) in [5.41, 5.74) is 5.12. The predicted octanol–water partition coefficient (Wildman–Crippen LogP) is 4.26. The van der Waals surface area contributed by atoms with E-state index in [0.29, 0.717) is 35.7 Å². The number of benzene rings is 2. The van der Waals surface area contributed by atoms with Gasteiger partial charge in [-0.3, -0.25) is 24.3 Å². The molecule has 33 heavy (non-hydrogen) atoms. The van der Waals surface area contributed by atoms with Crippen molar-refractivity contribution in [3.63, 3.8) is 0 Å². The van der Waals surface area contributed by atoms with Crippen LogP contribution in [0.4, 0.5) is 11.4 Å². The summed E-state index contributed by atoms with van der Waals surface area (Å²) < 4.78 is 3.37. The second-order valence-corrected chi connectivity index (χ2v) is 7.94. The van der Waals surface area contributed by atoms with Gasteiger partial charge in [0.1, 0.15) is 11.4 Å². The lowest BCUT2D eigenvalue weighted by Crippen LogP contribution is -2.12. The molecule has 0 spiro atoms. The number of carbonyl (C=O) groups is 1. The molecule has 2 aromatic carbocycles. The molecule has 0 radical (unpaired) electrons. The van der Waals surface area contributed by atoms with Gasteiger partial charge in [-0.25, -0.2) is 0 Å².